The zero-order valence-electron chi connectivity index (χ0n) is 12.3. The maximum Gasteiger partial charge on any atom is 0.126 e. The van der Waals surface area contributed by atoms with Gasteiger partial charge in [0.2, 0.25) is 0 Å². The number of aromatic hydroxyl groups is 1. The number of rotatable bonds is 5. The molecule has 0 amide bonds. The van der Waals surface area contributed by atoms with Gasteiger partial charge in [-0.25, -0.2) is 0 Å². The van der Waals surface area contributed by atoms with E-state index in [9.17, 15) is 5.11 Å². The minimum absolute atomic E-state index is 0.250. The number of phenols is 1. The highest BCUT2D eigenvalue weighted by Crippen LogP contribution is 2.24. The fraction of sp³-hybridized carbons (Fsp3) is 0.235. The lowest BCUT2D eigenvalue weighted by molar-refractivity contribution is 0.474. The van der Waals surface area contributed by atoms with Crippen LogP contribution in [0.1, 0.15) is 19.4 Å². The van der Waals surface area contributed by atoms with Crippen molar-refractivity contribution in [1.82, 2.24) is 0 Å². The molecule has 2 aromatic carbocycles. The van der Waals surface area contributed by atoms with Gasteiger partial charge >= 0.3 is 0 Å². The van der Waals surface area contributed by atoms with Crippen LogP contribution < -0.4 is 4.90 Å². The van der Waals surface area contributed by atoms with E-state index in [1.165, 1.54) is 0 Å². The van der Waals surface area contributed by atoms with Gasteiger partial charge in [0.05, 0.1) is 5.69 Å². The van der Waals surface area contributed by atoms with Gasteiger partial charge in [0, 0.05) is 41.1 Å². The largest absolute Gasteiger partial charge is 0.507 e. The van der Waals surface area contributed by atoms with Crippen LogP contribution in [0.25, 0.3) is 0 Å². The molecule has 0 aromatic heterocycles. The quantitative estimate of drug-likeness (QED) is 0.792. The Hall–Kier alpha value is -1.81. The van der Waals surface area contributed by atoms with Crippen LogP contribution in [0, 0.1) is 0 Å². The van der Waals surface area contributed by atoms with Gasteiger partial charge < -0.3 is 10.0 Å². The van der Waals surface area contributed by atoms with Crippen molar-refractivity contribution in [2.45, 2.75) is 13.8 Å². The number of aliphatic imine (C=N–C) groups is 1. The van der Waals surface area contributed by atoms with E-state index in [0.717, 1.165) is 28.9 Å². The van der Waals surface area contributed by atoms with Crippen LogP contribution in [0.3, 0.4) is 0 Å². The number of anilines is 1. The van der Waals surface area contributed by atoms with Crippen LogP contribution in [0.5, 0.6) is 5.75 Å². The molecule has 0 bridgehead atoms. The van der Waals surface area contributed by atoms with E-state index in [1.807, 2.05) is 36.4 Å². The predicted octanol–water partition coefficient (Wildman–Crippen LogP) is 4.75. The smallest absolute Gasteiger partial charge is 0.126 e. The zero-order valence-corrected chi connectivity index (χ0v) is 13.8. The van der Waals surface area contributed by atoms with E-state index >= 15 is 0 Å². The summed E-state index contributed by atoms with van der Waals surface area (Å²) in [6.45, 7) is 6.04. The van der Waals surface area contributed by atoms with Crippen molar-refractivity contribution in [1.29, 1.82) is 0 Å². The first kappa shape index (κ1) is 15.6. The fourth-order valence-electron chi connectivity index (χ4n) is 2.10. The van der Waals surface area contributed by atoms with Gasteiger partial charge in [-0.15, -0.1) is 0 Å². The minimum Gasteiger partial charge on any atom is -0.507 e. The lowest BCUT2D eigenvalue weighted by Gasteiger charge is -2.21. The van der Waals surface area contributed by atoms with E-state index in [0.29, 0.717) is 5.56 Å². The summed E-state index contributed by atoms with van der Waals surface area (Å²) in [7, 11) is 0. The van der Waals surface area contributed by atoms with Gasteiger partial charge in [0.15, 0.2) is 0 Å². The SMILES string of the molecule is CCN(CC)c1ccc(C=Nc2ccc(Br)cc2)c(O)c1. The average Bonchev–Trinajstić information content (AvgIpc) is 2.49. The van der Waals surface area contributed by atoms with Gasteiger partial charge in [0.25, 0.3) is 0 Å². The van der Waals surface area contributed by atoms with Gasteiger partial charge in [-0.05, 0) is 50.2 Å². The van der Waals surface area contributed by atoms with Crippen LogP contribution in [0.2, 0.25) is 0 Å². The predicted molar refractivity (Wildman–Crippen MR) is 93.1 cm³/mol. The standard InChI is InChI=1S/C17H19BrN2O/c1-3-20(4-2)16-10-5-13(17(21)11-16)12-19-15-8-6-14(18)7-9-15/h5-12,21H,3-4H2,1-2H3. The molecule has 0 atom stereocenters. The van der Waals surface area contributed by atoms with Crippen LogP contribution in [0.4, 0.5) is 11.4 Å². The summed E-state index contributed by atoms with van der Waals surface area (Å²) in [6, 6.07) is 13.4. The van der Waals surface area contributed by atoms with E-state index in [-0.39, 0.29) is 5.75 Å². The fourth-order valence-corrected chi connectivity index (χ4v) is 2.36. The Labute approximate surface area is 134 Å². The summed E-state index contributed by atoms with van der Waals surface area (Å²) in [6.07, 6.45) is 1.69. The zero-order chi connectivity index (χ0) is 15.2. The molecule has 0 aliphatic heterocycles. The van der Waals surface area contributed by atoms with Crippen molar-refractivity contribution in [3.63, 3.8) is 0 Å². The molecular formula is C17H19BrN2O. The number of hydrogen-bond acceptors (Lipinski definition) is 3. The number of halogens is 1. The van der Waals surface area contributed by atoms with Crippen molar-refractivity contribution in [3.05, 3.63) is 52.5 Å². The molecule has 3 nitrogen and oxygen atoms in total. The summed E-state index contributed by atoms with van der Waals surface area (Å²) in [5.74, 6) is 0.250. The number of phenolic OH excluding ortho intramolecular Hbond substituents is 1. The molecule has 110 valence electrons. The van der Waals surface area contributed by atoms with E-state index in [1.54, 1.807) is 12.3 Å². The first-order valence-electron chi connectivity index (χ1n) is 7.01. The Morgan fingerprint density at radius 3 is 2.33 bits per heavy atom. The Morgan fingerprint density at radius 2 is 1.76 bits per heavy atom. The van der Waals surface area contributed by atoms with Crippen LogP contribution >= 0.6 is 15.9 Å². The molecule has 0 radical (unpaired) electrons. The molecule has 21 heavy (non-hydrogen) atoms. The molecule has 0 saturated heterocycles. The Bertz CT molecular complexity index is 619. The molecule has 0 unspecified atom stereocenters. The Morgan fingerprint density at radius 1 is 1.10 bits per heavy atom. The first-order chi connectivity index (χ1) is 10.1. The maximum absolute atomic E-state index is 10.1. The average molecular weight is 347 g/mol. The third-order valence-electron chi connectivity index (χ3n) is 3.32. The Balaban J connectivity index is 2.19. The number of nitrogens with zero attached hydrogens (tertiary/aromatic N) is 2. The summed E-state index contributed by atoms with van der Waals surface area (Å²) < 4.78 is 1.02. The van der Waals surface area contributed by atoms with Crippen molar-refractivity contribution in [2.75, 3.05) is 18.0 Å². The van der Waals surface area contributed by atoms with Crippen LogP contribution in [-0.4, -0.2) is 24.4 Å². The van der Waals surface area contributed by atoms with Crippen LogP contribution in [-0.2, 0) is 0 Å². The summed E-state index contributed by atoms with van der Waals surface area (Å²) in [5, 5.41) is 10.1. The monoisotopic (exact) mass is 346 g/mol. The molecular weight excluding hydrogens is 328 g/mol. The molecule has 0 aliphatic rings. The normalized spacial score (nSPS) is 11.0. The lowest BCUT2D eigenvalue weighted by atomic mass is 10.2. The molecule has 0 saturated carbocycles. The highest BCUT2D eigenvalue weighted by Gasteiger charge is 2.05. The second kappa shape index (κ2) is 7.27. The molecule has 4 heteroatoms. The highest BCUT2D eigenvalue weighted by molar-refractivity contribution is 9.10. The lowest BCUT2D eigenvalue weighted by Crippen LogP contribution is -2.21. The molecule has 2 aromatic rings. The molecule has 1 N–H and O–H groups in total. The van der Waals surface area contributed by atoms with Gasteiger partial charge in [-0.2, -0.15) is 0 Å². The molecule has 2 rings (SSSR count). The molecule has 0 aliphatic carbocycles. The van der Waals surface area contributed by atoms with E-state index < -0.39 is 0 Å². The van der Waals surface area contributed by atoms with Gasteiger partial charge in [-0.1, -0.05) is 15.9 Å². The first-order valence-corrected chi connectivity index (χ1v) is 7.81. The second-order valence-corrected chi connectivity index (χ2v) is 5.57. The summed E-state index contributed by atoms with van der Waals surface area (Å²) in [5.41, 5.74) is 2.59. The summed E-state index contributed by atoms with van der Waals surface area (Å²) >= 11 is 3.39. The van der Waals surface area contributed by atoms with Gasteiger partial charge in [-0.3, -0.25) is 4.99 Å². The highest BCUT2D eigenvalue weighted by atomic mass is 79.9. The van der Waals surface area contributed by atoms with Crippen molar-refractivity contribution >= 4 is 33.5 Å². The molecule has 0 fully saturated rings. The van der Waals surface area contributed by atoms with Crippen LogP contribution in [0.15, 0.2) is 51.9 Å². The van der Waals surface area contributed by atoms with Crippen molar-refractivity contribution < 1.29 is 5.11 Å². The van der Waals surface area contributed by atoms with E-state index in [2.05, 4.69) is 39.7 Å². The van der Waals surface area contributed by atoms with E-state index in [4.69, 9.17) is 0 Å². The maximum atomic E-state index is 10.1. The van der Waals surface area contributed by atoms with Crippen molar-refractivity contribution in [2.24, 2.45) is 4.99 Å². The molecule has 0 heterocycles. The molecule has 0 spiro atoms. The van der Waals surface area contributed by atoms with Crippen molar-refractivity contribution in [3.8, 4) is 5.75 Å². The van der Waals surface area contributed by atoms with Gasteiger partial charge in [0.1, 0.15) is 5.75 Å². The third kappa shape index (κ3) is 4.08. The topological polar surface area (TPSA) is 35.8 Å². The number of hydrogen-bond donors (Lipinski definition) is 1. The second-order valence-electron chi connectivity index (χ2n) is 4.65. The summed E-state index contributed by atoms with van der Waals surface area (Å²) in [4.78, 5) is 6.56. The number of benzene rings is 2. The third-order valence-corrected chi connectivity index (χ3v) is 3.85. The minimum atomic E-state index is 0.250. The Kier molecular flexibility index (Phi) is 5.39.